The Hall–Kier alpha value is -1.99. The van der Waals surface area contributed by atoms with Gasteiger partial charge in [-0.2, -0.15) is 0 Å². The van der Waals surface area contributed by atoms with Crippen molar-refractivity contribution < 1.29 is 19.2 Å². The highest BCUT2D eigenvalue weighted by atomic mass is 79.9. The third-order valence-electron chi connectivity index (χ3n) is 2.75. The number of halogens is 2. The summed E-state index contributed by atoms with van der Waals surface area (Å²) in [6.07, 6.45) is 0.516. The van der Waals surface area contributed by atoms with Crippen LogP contribution in [0, 0.1) is 15.9 Å². The molecule has 0 aliphatic rings. The van der Waals surface area contributed by atoms with Gasteiger partial charge < -0.3 is 9.84 Å². The average molecular weight is 356 g/mol. The van der Waals surface area contributed by atoms with Gasteiger partial charge in [-0.3, -0.25) is 10.1 Å². The lowest BCUT2D eigenvalue weighted by molar-refractivity contribution is -0.385. The highest BCUT2D eigenvalue weighted by Gasteiger charge is 2.19. The van der Waals surface area contributed by atoms with Gasteiger partial charge in [0.1, 0.15) is 11.6 Å². The van der Waals surface area contributed by atoms with Crippen LogP contribution in [-0.2, 0) is 6.42 Å². The summed E-state index contributed by atoms with van der Waals surface area (Å²) in [7, 11) is 0. The third-order valence-corrected chi connectivity index (χ3v) is 3.36. The number of benzene rings is 2. The molecular formula is C14H11BrFNO4. The lowest BCUT2D eigenvalue weighted by Gasteiger charge is -2.08. The molecule has 0 radical (unpaired) electrons. The van der Waals surface area contributed by atoms with Crippen LogP contribution in [0.1, 0.15) is 5.56 Å². The normalized spacial score (nSPS) is 10.4. The molecule has 0 fully saturated rings. The van der Waals surface area contributed by atoms with Crippen molar-refractivity contribution in [3.05, 3.63) is 62.4 Å². The summed E-state index contributed by atoms with van der Waals surface area (Å²) < 4.78 is 18.9. The fraction of sp³-hybridized carbons (Fsp3) is 0.143. The molecule has 0 bridgehead atoms. The SMILES string of the molecule is O=[N+]([O-])c1cc(F)c(Br)cc1Oc1ccc(CCO)cc1. The van der Waals surface area contributed by atoms with Crippen molar-refractivity contribution in [2.75, 3.05) is 6.61 Å². The Balaban J connectivity index is 2.30. The van der Waals surface area contributed by atoms with Crippen LogP contribution in [0.2, 0.25) is 0 Å². The zero-order chi connectivity index (χ0) is 15.4. The molecular weight excluding hydrogens is 345 g/mol. The first-order valence-corrected chi connectivity index (χ1v) is 6.81. The quantitative estimate of drug-likeness (QED) is 0.653. The average Bonchev–Trinajstić information content (AvgIpc) is 2.44. The molecule has 0 unspecified atom stereocenters. The fourth-order valence-electron chi connectivity index (χ4n) is 1.72. The molecule has 0 aliphatic carbocycles. The van der Waals surface area contributed by atoms with Crippen LogP contribution >= 0.6 is 15.9 Å². The second-order valence-corrected chi connectivity index (χ2v) is 5.07. The highest BCUT2D eigenvalue weighted by Crippen LogP contribution is 2.35. The van der Waals surface area contributed by atoms with Gasteiger partial charge in [0.25, 0.3) is 0 Å². The number of ether oxygens (including phenoxy) is 1. The van der Waals surface area contributed by atoms with E-state index in [1.807, 2.05) is 0 Å². The maximum Gasteiger partial charge on any atom is 0.314 e. The van der Waals surface area contributed by atoms with Crippen LogP contribution in [0.25, 0.3) is 0 Å². The van der Waals surface area contributed by atoms with E-state index < -0.39 is 16.4 Å². The minimum Gasteiger partial charge on any atom is -0.450 e. The molecule has 110 valence electrons. The van der Waals surface area contributed by atoms with Gasteiger partial charge >= 0.3 is 5.69 Å². The van der Waals surface area contributed by atoms with Crippen LogP contribution in [0.4, 0.5) is 10.1 Å². The molecule has 0 saturated carbocycles. The van der Waals surface area contributed by atoms with Crippen molar-refractivity contribution in [2.45, 2.75) is 6.42 Å². The smallest absolute Gasteiger partial charge is 0.314 e. The zero-order valence-electron chi connectivity index (χ0n) is 10.8. The number of aliphatic hydroxyl groups is 1. The number of nitro groups is 1. The molecule has 0 aliphatic heterocycles. The number of hydrogen-bond donors (Lipinski definition) is 1. The summed E-state index contributed by atoms with van der Waals surface area (Å²) in [6, 6.07) is 8.78. The number of nitro benzene ring substituents is 1. The van der Waals surface area contributed by atoms with E-state index >= 15 is 0 Å². The van der Waals surface area contributed by atoms with Crippen molar-refractivity contribution in [3.8, 4) is 11.5 Å². The molecule has 2 aromatic carbocycles. The van der Waals surface area contributed by atoms with Crippen molar-refractivity contribution in [1.29, 1.82) is 0 Å². The van der Waals surface area contributed by atoms with Gasteiger partial charge in [0.05, 0.1) is 15.5 Å². The Morgan fingerprint density at radius 3 is 2.52 bits per heavy atom. The van der Waals surface area contributed by atoms with Crippen LogP contribution in [0.3, 0.4) is 0 Å². The van der Waals surface area contributed by atoms with Gasteiger partial charge in [0, 0.05) is 12.7 Å². The Kier molecular flexibility index (Phi) is 4.87. The molecule has 0 atom stereocenters. The molecule has 0 spiro atoms. The van der Waals surface area contributed by atoms with E-state index in [1.165, 1.54) is 6.07 Å². The number of hydrogen-bond acceptors (Lipinski definition) is 4. The van der Waals surface area contributed by atoms with E-state index in [2.05, 4.69) is 15.9 Å². The topological polar surface area (TPSA) is 72.6 Å². The van der Waals surface area contributed by atoms with Gasteiger partial charge in [-0.25, -0.2) is 4.39 Å². The number of rotatable bonds is 5. The molecule has 0 saturated heterocycles. The van der Waals surface area contributed by atoms with Gasteiger partial charge in [-0.1, -0.05) is 12.1 Å². The van der Waals surface area contributed by atoms with Crippen molar-refractivity contribution in [3.63, 3.8) is 0 Å². The largest absolute Gasteiger partial charge is 0.450 e. The van der Waals surface area contributed by atoms with Crippen molar-refractivity contribution in [2.24, 2.45) is 0 Å². The van der Waals surface area contributed by atoms with Gasteiger partial charge in [-0.05, 0) is 40.0 Å². The second kappa shape index (κ2) is 6.64. The minimum atomic E-state index is -0.729. The molecule has 0 heterocycles. The van der Waals surface area contributed by atoms with Crippen molar-refractivity contribution >= 4 is 21.6 Å². The molecule has 1 N–H and O–H groups in total. The Bertz CT molecular complexity index is 661. The monoisotopic (exact) mass is 355 g/mol. The van der Waals surface area contributed by atoms with E-state index in [4.69, 9.17) is 9.84 Å². The number of aliphatic hydroxyl groups excluding tert-OH is 1. The van der Waals surface area contributed by atoms with Gasteiger partial charge in [-0.15, -0.1) is 0 Å². The predicted octanol–water partition coefficient (Wildman–Crippen LogP) is 3.82. The van der Waals surface area contributed by atoms with Crippen molar-refractivity contribution in [1.82, 2.24) is 0 Å². The summed E-state index contributed by atoms with van der Waals surface area (Å²) in [4.78, 5) is 10.2. The van der Waals surface area contributed by atoms with Crippen LogP contribution in [0.5, 0.6) is 11.5 Å². The van der Waals surface area contributed by atoms with Crippen LogP contribution in [-0.4, -0.2) is 16.6 Å². The first-order valence-electron chi connectivity index (χ1n) is 6.02. The summed E-state index contributed by atoms with van der Waals surface area (Å²) in [6.45, 7) is 0.0383. The van der Waals surface area contributed by atoms with E-state index in [0.717, 1.165) is 11.6 Å². The first-order chi connectivity index (χ1) is 10.0. The van der Waals surface area contributed by atoms with E-state index in [1.54, 1.807) is 24.3 Å². The molecule has 2 rings (SSSR count). The van der Waals surface area contributed by atoms with E-state index in [9.17, 15) is 14.5 Å². The zero-order valence-corrected chi connectivity index (χ0v) is 12.3. The summed E-state index contributed by atoms with van der Waals surface area (Å²) in [5, 5.41) is 19.8. The van der Waals surface area contributed by atoms with Crippen LogP contribution < -0.4 is 4.74 Å². The lowest BCUT2D eigenvalue weighted by atomic mass is 10.1. The van der Waals surface area contributed by atoms with Crippen LogP contribution in [0.15, 0.2) is 40.9 Å². The molecule has 21 heavy (non-hydrogen) atoms. The molecule has 0 amide bonds. The summed E-state index contributed by atoms with van der Waals surface area (Å²) in [5.41, 5.74) is 0.467. The molecule has 2 aromatic rings. The molecule has 5 nitrogen and oxygen atoms in total. The maximum absolute atomic E-state index is 13.4. The van der Waals surface area contributed by atoms with E-state index in [0.29, 0.717) is 12.2 Å². The maximum atomic E-state index is 13.4. The Morgan fingerprint density at radius 2 is 1.95 bits per heavy atom. The third kappa shape index (κ3) is 3.77. The summed E-state index contributed by atoms with van der Waals surface area (Å²) >= 11 is 2.97. The Morgan fingerprint density at radius 1 is 1.29 bits per heavy atom. The molecule has 0 aromatic heterocycles. The second-order valence-electron chi connectivity index (χ2n) is 4.21. The highest BCUT2D eigenvalue weighted by molar-refractivity contribution is 9.10. The molecule has 7 heteroatoms. The Labute approximate surface area is 128 Å². The van der Waals surface area contributed by atoms with Gasteiger partial charge in [0.15, 0.2) is 0 Å². The summed E-state index contributed by atoms with van der Waals surface area (Å²) in [5.74, 6) is -0.395. The lowest BCUT2D eigenvalue weighted by Crippen LogP contribution is -1.96. The van der Waals surface area contributed by atoms with E-state index in [-0.39, 0.29) is 16.8 Å². The standard InChI is InChI=1S/C14H11BrFNO4/c15-11-7-14(13(17(19)20)8-12(11)16)21-10-3-1-9(2-4-10)5-6-18/h1-4,7-8,18H,5-6H2. The number of nitrogens with zero attached hydrogens (tertiary/aromatic N) is 1. The predicted molar refractivity (Wildman–Crippen MR) is 78.1 cm³/mol. The van der Waals surface area contributed by atoms with Gasteiger partial charge in [0.2, 0.25) is 5.75 Å². The minimum absolute atomic E-state index is 0.0383. The fourth-order valence-corrected chi connectivity index (χ4v) is 2.05. The first kappa shape index (κ1) is 15.4.